The third kappa shape index (κ3) is 2.84. The number of pyridine rings is 1. The first kappa shape index (κ1) is 13.3. The Kier molecular flexibility index (Phi) is 4.00. The molecule has 1 heterocycles. The van der Waals surface area contributed by atoms with Crippen molar-refractivity contribution in [3.05, 3.63) is 22.9 Å². The number of aliphatic carboxylic acids is 1. The fourth-order valence-corrected chi connectivity index (χ4v) is 2.48. The highest BCUT2D eigenvalue weighted by molar-refractivity contribution is 5.74. The van der Waals surface area contributed by atoms with Gasteiger partial charge in [-0.2, -0.15) is 5.26 Å². The first-order valence-corrected chi connectivity index (χ1v) is 6.55. The maximum atomic E-state index is 10.9. The lowest BCUT2D eigenvalue weighted by Gasteiger charge is -2.22. The first-order valence-electron chi connectivity index (χ1n) is 6.55. The van der Waals surface area contributed by atoms with Gasteiger partial charge in [0.2, 0.25) is 0 Å². The summed E-state index contributed by atoms with van der Waals surface area (Å²) in [5, 5.41) is 18.2. The number of carboxylic acid groups (broad SMARTS) is 1. The molecule has 0 saturated carbocycles. The van der Waals surface area contributed by atoms with Crippen molar-refractivity contribution in [2.45, 2.75) is 32.6 Å². The minimum atomic E-state index is -0.903. The fraction of sp³-hybridized carbons (Fsp3) is 0.500. The van der Waals surface area contributed by atoms with Gasteiger partial charge in [0.1, 0.15) is 18.4 Å². The van der Waals surface area contributed by atoms with E-state index in [0.717, 1.165) is 36.9 Å². The maximum Gasteiger partial charge on any atom is 0.323 e. The molecule has 0 bridgehead atoms. The van der Waals surface area contributed by atoms with Crippen LogP contribution in [-0.4, -0.2) is 29.1 Å². The van der Waals surface area contributed by atoms with Crippen LogP contribution in [-0.2, 0) is 17.6 Å². The van der Waals surface area contributed by atoms with E-state index in [1.807, 2.05) is 13.0 Å². The van der Waals surface area contributed by atoms with Gasteiger partial charge in [0.05, 0.1) is 5.56 Å². The van der Waals surface area contributed by atoms with Crippen LogP contribution in [0.5, 0.6) is 0 Å². The average molecular weight is 259 g/mol. The Morgan fingerprint density at radius 1 is 1.58 bits per heavy atom. The molecule has 5 heteroatoms. The minimum Gasteiger partial charge on any atom is -0.480 e. The van der Waals surface area contributed by atoms with Gasteiger partial charge in [-0.1, -0.05) is 6.92 Å². The molecule has 0 aliphatic heterocycles. The van der Waals surface area contributed by atoms with Gasteiger partial charge >= 0.3 is 5.97 Å². The van der Waals surface area contributed by atoms with E-state index in [4.69, 9.17) is 5.11 Å². The Bertz CT molecular complexity index is 534. The molecule has 0 radical (unpaired) electrons. The summed E-state index contributed by atoms with van der Waals surface area (Å²) in [5.74, 6) is -0.382. The van der Waals surface area contributed by atoms with Crippen molar-refractivity contribution >= 4 is 11.8 Å². The lowest BCUT2D eigenvalue weighted by atomic mass is 10.1. The Hall–Kier alpha value is -2.09. The predicted molar refractivity (Wildman–Crippen MR) is 71.1 cm³/mol. The monoisotopic (exact) mass is 259 g/mol. The Morgan fingerprint density at radius 3 is 3.00 bits per heavy atom. The van der Waals surface area contributed by atoms with Gasteiger partial charge in [0.25, 0.3) is 0 Å². The molecule has 1 aliphatic rings. The highest BCUT2D eigenvalue weighted by Gasteiger charge is 2.20. The number of carbonyl (C=O) groups is 1. The minimum absolute atomic E-state index is 0.117. The number of hydrogen-bond donors (Lipinski definition) is 1. The van der Waals surface area contributed by atoms with Crippen LogP contribution in [0.4, 0.5) is 5.82 Å². The van der Waals surface area contributed by atoms with Gasteiger partial charge in [0, 0.05) is 12.2 Å². The van der Waals surface area contributed by atoms with Crippen molar-refractivity contribution < 1.29 is 9.90 Å². The molecule has 1 aromatic heterocycles. The molecular formula is C14H17N3O2. The first-order chi connectivity index (χ1) is 9.15. The third-order valence-electron chi connectivity index (χ3n) is 3.27. The van der Waals surface area contributed by atoms with E-state index in [2.05, 4.69) is 11.1 Å². The van der Waals surface area contributed by atoms with Gasteiger partial charge in [0.15, 0.2) is 0 Å². The molecule has 0 aromatic carbocycles. The number of nitrogens with zero attached hydrogens (tertiary/aromatic N) is 3. The SMILES string of the molecule is CCCN(CC(=O)O)c1nc2c(cc1C#N)CCC2. The van der Waals surface area contributed by atoms with Crippen molar-refractivity contribution in [1.82, 2.24) is 4.98 Å². The zero-order valence-electron chi connectivity index (χ0n) is 11.0. The van der Waals surface area contributed by atoms with E-state index < -0.39 is 5.97 Å². The molecule has 2 rings (SSSR count). The number of fused-ring (bicyclic) bond motifs is 1. The molecule has 0 unspecified atom stereocenters. The Labute approximate surface area is 112 Å². The summed E-state index contributed by atoms with van der Waals surface area (Å²) in [6.07, 6.45) is 3.76. The summed E-state index contributed by atoms with van der Waals surface area (Å²) in [6, 6.07) is 4.01. The van der Waals surface area contributed by atoms with E-state index in [0.29, 0.717) is 17.9 Å². The van der Waals surface area contributed by atoms with Gasteiger partial charge in [-0.25, -0.2) is 4.98 Å². The number of aromatic nitrogens is 1. The summed E-state index contributed by atoms with van der Waals surface area (Å²) in [6.45, 7) is 2.45. The molecule has 1 aromatic rings. The van der Waals surface area contributed by atoms with Gasteiger partial charge < -0.3 is 10.0 Å². The number of rotatable bonds is 5. The van der Waals surface area contributed by atoms with E-state index in [-0.39, 0.29) is 6.54 Å². The largest absolute Gasteiger partial charge is 0.480 e. The fourth-order valence-electron chi connectivity index (χ4n) is 2.48. The summed E-state index contributed by atoms with van der Waals surface area (Å²) >= 11 is 0. The van der Waals surface area contributed by atoms with E-state index in [1.165, 1.54) is 0 Å². The lowest BCUT2D eigenvalue weighted by molar-refractivity contribution is -0.135. The van der Waals surface area contributed by atoms with Crippen LogP contribution >= 0.6 is 0 Å². The standard InChI is InChI=1S/C14H17N3O2/c1-2-6-17(9-13(18)19)14-11(8-15)7-10-4-3-5-12(10)16-14/h7H,2-6,9H2,1H3,(H,18,19). The molecule has 5 nitrogen and oxygen atoms in total. The van der Waals surface area contributed by atoms with Crippen LogP contribution in [0.25, 0.3) is 0 Å². The quantitative estimate of drug-likeness (QED) is 0.871. The summed E-state index contributed by atoms with van der Waals surface area (Å²) < 4.78 is 0. The molecule has 0 atom stereocenters. The van der Waals surface area contributed by atoms with Crippen LogP contribution in [0, 0.1) is 11.3 Å². The summed E-state index contributed by atoms with van der Waals surface area (Å²) in [4.78, 5) is 17.2. The van der Waals surface area contributed by atoms with Gasteiger partial charge in [-0.15, -0.1) is 0 Å². The topological polar surface area (TPSA) is 77.2 Å². The second-order valence-electron chi connectivity index (χ2n) is 4.75. The molecule has 100 valence electrons. The Morgan fingerprint density at radius 2 is 2.37 bits per heavy atom. The van der Waals surface area contributed by atoms with Crippen molar-refractivity contribution in [1.29, 1.82) is 5.26 Å². The highest BCUT2D eigenvalue weighted by Crippen LogP contribution is 2.27. The van der Waals surface area contributed by atoms with Crippen molar-refractivity contribution in [2.24, 2.45) is 0 Å². The van der Waals surface area contributed by atoms with Crippen LogP contribution in [0.1, 0.15) is 36.6 Å². The molecule has 0 saturated heterocycles. The van der Waals surface area contributed by atoms with Gasteiger partial charge in [-0.3, -0.25) is 4.79 Å². The predicted octanol–water partition coefficient (Wildman–Crippen LogP) is 1.74. The third-order valence-corrected chi connectivity index (χ3v) is 3.27. The Balaban J connectivity index is 2.40. The van der Waals surface area contributed by atoms with Crippen LogP contribution in [0.3, 0.4) is 0 Å². The van der Waals surface area contributed by atoms with Gasteiger partial charge in [-0.05, 0) is 37.3 Å². The molecular weight excluding hydrogens is 242 g/mol. The zero-order valence-corrected chi connectivity index (χ0v) is 11.0. The van der Waals surface area contributed by atoms with E-state index in [1.54, 1.807) is 4.90 Å². The molecule has 1 N–H and O–H groups in total. The number of hydrogen-bond acceptors (Lipinski definition) is 4. The zero-order chi connectivity index (χ0) is 13.8. The van der Waals surface area contributed by atoms with Crippen LogP contribution in [0.15, 0.2) is 6.07 Å². The molecule has 0 spiro atoms. The number of anilines is 1. The molecule has 19 heavy (non-hydrogen) atoms. The molecule has 0 amide bonds. The van der Waals surface area contributed by atoms with Crippen molar-refractivity contribution in [3.63, 3.8) is 0 Å². The summed E-state index contributed by atoms with van der Waals surface area (Å²) in [7, 11) is 0. The van der Waals surface area contributed by atoms with Crippen LogP contribution < -0.4 is 4.90 Å². The second-order valence-corrected chi connectivity index (χ2v) is 4.75. The van der Waals surface area contributed by atoms with E-state index in [9.17, 15) is 10.1 Å². The van der Waals surface area contributed by atoms with Crippen molar-refractivity contribution in [3.8, 4) is 6.07 Å². The smallest absolute Gasteiger partial charge is 0.323 e. The van der Waals surface area contributed by atoms with E-state index >= 15 is 0 Å². The lowest BCUT2D eigenvalue weighted by Crippen LogP contribution is -2.32. The average Bonchev–Trinajstić information content (AvgIpc) is 2.83. The van der Waals surface area contributed by atoms with Crippen molar-refractivity contribution in [2.75, 3.05) is 18.0 Å². The number of nitriles is 1. The normalized spacial score (nSPS) is 12.8. The number of carboxylic acids is 1. The maximum absolute atomic E-state index is 10.9. The molecule has 1 aliphatic carbocycles. The number of aryl methyl sites for hydroxylation is 2. The highest BCUT2D eigenvalue weighted by atomic mass is 16.4. The second kappa shape index (κ2) is 5.70. The van der Waals surface area contributed by atoms with Crippen LogP contribution in [0.2, 0.25) is 0 Å². The molecule has 0 fully saturated rings. The summed E-state index contributed by atoms with van der Waals surface area (Å²) in [5.41, 5.74) is 2.63.